The van der Waals surface area contributed by atoms with Crippen LogP contribution in [0.15, 0.2) is 57.3 Å². The molecule has 0 saturated heterocycles. The summed E-state index contributed by atoms with van der Waals surface area (Å²) in [6.45, 7) is 7.93. The number of Topliss-reactive ketones (excluding diaryl/α,β-unsaturated/α-hetero) is 1. The molecule has 1 atom stereocenters. The van der Waals surface area contributed by atoms with Crippen LogP contribution in [0.25, 0.3) is 11.0 Å². The minimum absolute atomic E-state index is 0.121. The standard InChI is InChI=1S/C23H24N2O2S/c1-12-5-6-17-18(9-12)25-21(24-17)28-11-16-13(2)10-15-19(16)14(3)23(7-8-23)22(4,27)20(15)26/h5-6,9-10,27H,7-8,11H2,1-4H3,(H,24,25)/t22-/m0/s1. The number of aromatic nitrogens is 2. The van der Waals surface area contributed by atoms with Gasteiger partial charge in [0, 0.05) is 16.7 Å². The lowest BCUT2D eigenvalue weighted by atomic mass is 9.67. The number of benzene rings is 1. The molecule has 2 aromatic rings. The Bertz CT molecular complexity index is 1140. The first kappa shape index (κ1) is 18.0. The van der Waals surface area contributed by atoms with Crippen molar-refractivity contribution in [3.05, 3.63) is 57.7 Å². The predicted molar refractivity (Wildman–Crippen MR) is 112 cm³/mol. The molecule has 1 fully saturated rings. The minimum atomic E-state index is -1.29. The van der Waals surface area contributed by atoms with E-state index in [9.17, 15) is 9.90 Å². The number of nitrogens with zero attached hydrogens (tertiary/aromatic N) is 1. The summed E-state index contributed by atoms with van der Waals surface area (Å²) in [5, 5.41) is 11.9. The van der Waals surface area contributed by atoms with Gasteiger partial charge in [0.15, 0.2) is 10.9 Å². The Kier molecular flexibility index (Phi) is 3.66. The van der Waals surface area contributed by atoms with Crippen LogP contribution < -0.4 is 0 Å². The van der Waals surface area contributed by atoms with Crippen LogP contribution in [0.4, 0.5) is 0 Å². The molecule has 0 amide bonds. The van der Waals surface area contributed by atoms with Crippen molar-refractivity contribution in [2.45, 2.75) is 51.3 Å². The smallest absolute Gasteiger partial charge is 0.195 e. The van der Waals surface area contributed by atoms with Gasteiger partial charge in [-0.1, -0.05) is 23.4 Å². The van der Waals surface area contributed by atoms with E-state index < -0.39 is 5.60 Å². The third kappa shape index (κ3) is 2.29. The average molecular weight is 393 g/mol. The quantitative estimate of drug-likeness (QED) is 0.746. The van der Waals surface area contributed by atoms with Gasteiger partial charge in [0.25, 0.3) is 0 Å². The summed E-state index contributed by atoms with van der Waals surface area (Å²) >= 11 is 1.67. The fourth-order valence-electron chi connectivity index (χ4n) is 4.90. The Balaban J connectivity index is 1.48. The third-order valence-corrected chi connectivity index (χ3v) is 7.74. The van der Waals surface area contributed by atoms with Crippen molar-refractivity contribution in [1.29, 1.82) is 0 Å². The van der Waals surface area contributed by atoms with E-state index in [4.69, 9.17) is 4.98 Å². The number of thioether (sulfide) groups is 1. The van der Waals surface area contributed by atoms with Crippen molar-refractivity contribution in [2.24, 2.45) is 5.41 Å². The number of aryl methyl sites for hydroxylation is 1. The Morgan fingerprint density at radius 1 is 1.25 bits per heavy atom. The molecule has 0 bridgehead atoms. The highest BCUT2D eigenvalue weighted by Crippen LogP contribution is 2.65. The summed E-state index contributed by atoms with van der Waals surface area (Å²) in [6.07, 6.45) is 3.73. The number of fused-ring (bicyclic) bond motifs is 2. The van der Waals surface area contributed by atoms with Crippen molar-refractivity contribution in [3.63, 3.8) is 0 Å². The molecule has 1 saturated carbocycles. The van der Waals surface area contributed by atoms with Crippen LogP contribution in [-0.2, 0) is 4.79 Å². The number of hydrogen-bond donors (Lipinski definition) is 2. The molecular formula is C23H24N2O2S. The minimum Gasteiger partial charge on any atom is -0.381 e. The van der Waals surface area contributed by atoms with E-state index >= 15 is 0 Å². The van der Waals surface area contributed by atoms with Crippen LogP contribution in [0.3, 0.4) is 0 Å². The monoisotopic (exact) mass is 392 g/mol. The first-order valence-electron chi connectivity index (χ1n) is 9.74. The van der Waals surface area contributed by atoms with E-state index in [1.54, 1.807) is 18.7 Å². The summed E-state index contributed by atoms with van der Waals surface area (Å²) in [5.74, 6) is 0.632. The largest absolute Gasteiger partial charge is 0.381 e. The van der Waals surface area contributed by atoms with Crippen LogP contribution in [0.2, 0.25) is 0 Å². The van der Waals surface area contributed by atoms with Gasteiger partial charge in [-0.15, -0.1) is 0 Å². The van der Waals surface area contributed by atoms with Crippen molar-refractivity contribution in [2.75, 3.05) is 5.75 Å². The molecule has 0 aliphatic heterocycles. The number of ketones is 1. The zero-order valence-electron chi connectivity index (χ0n) is 16.6. The van der Waals surface area contributed by atoms with Crippen LogP contribution >= 0.6 is 11.8 Å². The molecule has 4 nitrogen and oxygen atoms in total. The molecule has 1 aromatic heterocycles. The fraction of sp³-hybridized carbons (Fsp3) is 0.391. The van der Waals surface area contributed by atoms with Crippen LogP contribution in [-0.4, -0.2) is 32.2 Å². The number of allylic oxidation sites excluding steroid dienone is 3. The van der Waals surface area contributed by atoms with Crippen LogP contribution in [0.5, 0.6) is 0 Å². The van der Waals surface area contributed by atoms with Gasteiger partial charge in [0.1, 0.15) is 5.60 Å². The van der Waals surface area contributed by atoms with Crippen molar-refractivity contribution in [1.82, 2.24) is 9.97 Å². The Morgan fingerprint density at radius 3 is 2.71 bits per heavy atom. The van der Waals surface area contributed by atoms with Crippen molar-refractivity contribution >= 4 is 28.6 Å². The Hall–Kier alpha value is -2.11. The number of hydrogen-bond acceptors (Lipinski definition) is 4. The Morgan fingerprint density at radius 2 is 2.00 bits per heavy atom. The summed E-state index contributed by atoms with van der Waals surface area (Å²) in [7, 11) is 0. The van der Waals surface area contributed by atoms with E-state index in [0.29, 0.717) is 5.57 Å². The van der Waals surface area contributed by atoms with Crippen LogP contribution in [0, 0.1) is 12.3 Å². The summed E-state index contributed by atoms with van der Waals surface area (Å²) in [4.78, 5) is 21.1. The number of carbonyl (C=O) groups excluding carboxylic acids is 1. The first-order valence-corrected chi connectivity index (χ1v) is 10.7. The van der Waals surface area contributed by atoms with E-state index in [0.717, 1.165) is 45.9 Å². The second-order valence-electron chi connectivity index (χ2n) is 8.55. The zero-order chi connectivity index (χ0) is 19.8. The maximum absolute atomic E-state index is 13.0. The van der Waals surface area contributed by atoms with Gasteiger partial charge in [0.2, 0.25) is 0 Å². The lowest BCUT2D eigenvalue weighted by Gasteiger charge is -2.39. The first-order chi connectivity index (χ1) is 13.2. The van der Waals surface area contributed by atoms with Crippen LogP contribution in [0.1, 0.15) is 39.2 Å². The highest BCUT2D eigenvalue weighted by molar-refractivity contribution is 7.99. The molecule has 2 N–H and O–H groups in total. The van der Waals surface area contributed by atoms with Gasteiger partial charge >= 0.3 is 0 Å². The highest BCUT2D eigenvalue weighted by Gasteiger charge is 2.64. The number of rotatable bonds is 3. The summed E-state index contributed by atoms with van der Waals surface area (Å²) < 4.78 is 0. The second kappa shape index (κ2) is 5.71. The molecule has 1 aromatic carbocycles. The number of aliphatic hydroxyl groups is 1. The molecule has 0 unspecified atom stereocenters. The maximum atomic E-state index is 13.0. The second-order valence-corrected chi connectivity index (χ2v) is 9.52. The van der Waals surface area contributed by atoms with Crippen molar-refractivity contribution < 1.29 is 9.90 Å². The number of nitrogens with one attached hydrogen (secondary N) is 1. The van der Waals surface area contributed by atoms with Gasteiger partial charge in [-0.3, -0.25) is 4.79 Å². The molecule has 3 aliphatic rings. The van der Waals surface area contributed by atoms with E-state index in [1.165, 1.54) is 16.7 Å². The normalized spacial score (nSPS) is 25.8. The number of imidazole rings is 1. The molecule has 3 aliphatic carbocycles. The molecule has 5 rings (SSSR count). The van der Waals surface area contributed by atoms with E-state index in [2.05, 4.69) is 44.0 Å². The maximum Gasteiger partial charge on any atom is 0.195 e. The third-order valence-electron chi connectivity index (χ3n) is 6.84. The van der Waals surface area contributed by atoms with Crippen molar-refractivity contribution in [3.8, 4) is 0 Å². The summed E-state index contributed by atoms with van der Waals surface area (Å²) in [5.41, 5.74) is 6.82. The fourth-order valence-corrected chi connectivity index (χ4v) is 5.90. The highest BCUT2D eigenvalue weighted by atomic mass is 32.2. The Labute approximate surface area is 168 Å². The topological polar surface area (TPSA) is 66.0 Å². The lowest BCUT2D eigenvalue weighted by molar-refractivity contribution is -0.137. The number of aromatic amines is 1. The molecule has 1 heterocycles. The molecular weight excluding hydrogens is 368 g/mol. The lowest BCUT2D eigenvalue weighted by Crippen LogP contribution is -2.49. The molecule has 1 spiro atoms. The molecule has 28 heavy (non-hydrogen) atoms. The van der Waals surface area contributed by atoms with Gasteiger partial charge < -0.3 is 10.1 Å². The average Bonchev–Trinajstić information content (AvgIpc) is 3.27. The number of H-pyrrole nitrogens is 1. The van der Waals surface area contributed by atoms with E-state index in [1.807, 2.05) is 6.08 Å². The van der Waals surface area contributed by atoms with Gasteiger partial charge in [0.05, 0.1) is 11.0 Å². The number of carbonyl (C=O) groups is 1. The molecule has 0 radical (unpaired) electrons. The predicted octanol–water partition coefficient (Wildman–Crippen LogP) is 4.65. The van der Waals surface area contributed by atoms with Gasteiger partial charge in [-0.2, -0.15) is 0 Å². The van der Waals surface area contributed by atoms with Gasteiger partial charge in [-0.25, -0.2) is 4.98 Å². The molecule has 5 heteroatoms. The summed E-state index contributed by atoms with van der Waals surface area (Å²) in [6, 6.07) is 6.23. The zero-order valence-corrected chi connectivity index (χ0v) is 17.5. The van der Waals surface area contributed by atoms with E-state index in [-0.39, 0.29) is 11.2 Å². The van der Waals surface area contributed by atoms with Gasteiger partial charge in [-0.05, 0) is 81.0 Å². The molecule has 144 valence electrons. The SMILES string of the molecule is CC1=C(CSc2nc3cc(C)ccc3[nH]2)C2=C(C)C3(CC3)[C@@](C)(O)C(=O)C2=C1.